The van der Waals surface area contributed by atoms with Gasteiger partial charge in [0.1, 0.15) is 0 Å². The van der Waals surface area contributed by atoms with Crippen LogP contribution in [0.25, 0.3) is 0 Å². The van der Waals surface area contributed by atoms with Gasteiger partial charge in [-0.15, -0.1) is 0 Å². The highest BCUT2D eigenvalue weighted by Crippen LogP contribution is 2.29. The molecule has 0 aliphatic rings. The van der Waals surface area contributed by atoms with Gasteiger partial charge in [-0.3, -0.25) is 14.9 Å². The molecule has 15 heavy (non-hydrogen) atoms. The maximum absolute atomic E-state index is 10.7. The molecule has 0 aliphatic heterocycles. The summed E-state index contributed by atoms with van der Waals surface area (Å²) in [7, 11) is 0. The van der Waals surface area contributed by atoms with Crippen LogP contribution in [0.1, 0.15) is 18.4 Å². The Morgan fingerprint density at radius 3 is 2.67 bits per heavy atom. The SMILES string of the molecule is CC(C(=O)O)c1ccc(Cl)cc1[N+](=O)[O-]. The quantitative estimate of drug-likeness (QED) is 0.638. The van der Waals surface area contributed by atoms with Crippen LogP contribution in [0.4, 0.5) is 5.69 Å². The first-order chi connectivity index (χ1) is 6.93. The lowest BCUT2D eigenvalue weighted by Crippen LogP contribution is -2.09. The second-order valence-electron chi connectivity index (χ2n) is 3.02. The zero-order chi connectivity index (χ0) is 11.6. The minimum Gasteiger partial charge on any atom is -0.481 e. The van der Waals surface area contributed by atoms with E-state index in [2.05, 4.69) is 0 Å². The first-order valence-electron chi connectivity index (χ1n) is 4.10. The van der Waals surface area contributed by atoms with Crippen LogP contribution in [0, 0.1) is 10.1 Å². The van der Waals surface area contributed by atoms with E-state index >= 15 is 0 Å². The standard InChI is InChI=1S/C9H8ClNO4/c1-5(9(12)13)7-3-2-6(10)4-8(7)11(14)15/h2-5H,1H3,(H,12,13). The number of carboxylic acids is 1. The van der Waals surface area contributed by atoms with Crippen molar-refractivity contribution < 1.29 is 14.8 Å². The number of hydrogen-bond donors (Lipinski definition) is 1. The van der Waals surface area contributed by atoms with E-state index < -0.39 is 16.8 Å². The third-order valence-electron chi connectivity index (χ3n) is 2.03. The predicted molar refractivity (Wildman–Crippen MR) is 54.2 cm³/mol. The minimum atomic E-state index is -1.11. The Bertz CT molecular complexity index is 419. The Morgan fingerprint density at radius 2 is 2.20 bits per heavy atom. The van der Waals surface area contributed by atoms with E-state index in [0.717, 1.165) is 6.07 Å². The van der Waals surface area contributed by atoms with Crippen LogP contribution < -0.4 is 0 Å². The molecular formula is C9H8ClNO4. The van der Waals surface area contributed by atoms with Crippen LogP contribution in [0.15, 0.2) is 18.2 Å². The van der Waals surface area contributed by atoms with Gasteiger partial charge in [0, 0.05) is 16.7 Å². The second kappa shape index (κ2) is 4.27. The fraction of sp³-hybridized carbons (Fsp3) is 0.222. The molecule has 0 saturated carbocycles. The van der Waals surface area contributed by atoms with Crippen LogP contribution in [0.2, 0.25) is 5.02 Å². The van der Waals surface area contributed by atoms with E-state index in [1.807, 2.05) is 0 Å². The summed E-state index contributed by atoms with van der Waals surface area (Å²) in [6, 6.07) is 3.94. The molecule has 0 amide bonds. The molecule has 1 aromatic carbocycles. The Balaban J connectivity index is 3.28. The molecular weight excluding hydrogens is 222 g/mol. The van der Waals surface area contributed by atoms with Gasteiger partial charge >= 0.3 is 5.97 Å². The molecule has 0 aromatic heterocycles. The van der Waals surface area contributed by atoms with Crippen molar-refractivity contribution in [1.29, 1.82) is 0 Å². The molecule has 1 unspecified atom stereocenters. The molecule has 0 saturated heterocycles. The summed E-state index contributed by atoms with van der Waals surface area (Å²) in [6.07, 6.45) is 0. The van der Waals surface area contributed by atoms with Gasteiger partial charge in [-0.05, 0) is 19.1 Å². The number of rotatable bonds is 3. The maximum Gasteiger partial charge on any atom is 0.310 e. The zero-order valence-corrected chi connectivity index (χ0v) is 8.56. The number of hydrogen-bond acceptors (Lipinski definition) is 3. The average Bonchev–Trinajstić information content (AvgIpc) is 2.16. The molecule has 6 heteroatoms. The van der Waals surface area contributed by atoms with Crippen LogP contribution >= 0.6 is 11.6 Å². The zero-order valence-electron chi connectivity index (χ0n) is 7.81. The highest BCUT2D eigenvalue weighted by atomic mass is 35.5. The lowest BCUT2D eigenvalue weighted by atomic mass is 10.00. The molecule has 0 aliphatic carbocycles. The Labute approximate surface area is 90.4 Å². The number of carboxylic acid groups (broad SMARTS) is 1. The Morgan fingerprint density at radius 1 is 1.60 bits per heavy atom. The predicted octanol–water partition coefficient (Wildman–Crippen LogP) is 2.44. The maximum atomic E-state index is 10.7. The monoisotopic (exact) mass is 229 g/mol. The number of halogens is 1. The summed E-state index contributed by atoms with van der Waals surface area (Å²) in [6.45, 7) is 1.39. The molecule has 1 aromatic rings. The van der Waals surface area contributed by atoms with Crippen LogP contribution in [0.5, 0.6) is 0 Å². The summed E-state index contributed by atoms with van der Waals surface area (Å²) in [5.74, 6) is -2.04. The van der Waals surface area contributed by atoms with Gasteiger partial charge < -0.3 is 5.11 Å². The van der Waals surface area contributed by atoms with Gasteiger partial charge in [-0.1, -0.05) is 11.6 Å². The van der Waals surface area contributed by atoms with Crippen molar-refractivity contribution >= 4 is 23.3 Å². The number of nitrogens with zero attached hydrogens (tertiary/aromatic N) is 1. The van der Waals surface area contributed by atoms with Crippen molar-refractivity contribution in [3.05, 3.63) is 38.9 Å². The third kappa shape index (κ3) is 2.44. The van der Waals surface area contributed by atoms with Crippen molar-refractivity contribution in [3.63, 3.8) is 0 Å². The van der Waals surface area contributed by atoms with E-state index in [1.54, 1.807) is 0 Å². The summed E-state index contributed by atoms with van der Waals surface area (Å²) >= 11 is 5.59. The van der Waals surface area contributed by atoms with E-state index in [1.165, 1.54) is 19.1 Å². The first kappa shape index (κ1) is 11.5. The van der Waals surface area contributed by atoms with Gasteiger partial charge in [0.05, 0.1) is 10.8 Å². The number of nitro benzene ring substituents is 1. The van der Waals surface area contributed by atoms with Crippen molar-refractivity contribution in [1.82, 2.24) is 0 Å². The van der Waals surface area contributed by atoms with E-state index in [9.17, 15) is 14.9 Å². The van der Waals surface area contributed by atoms with Gasteiger partial charge in [0.15, 0.2) is 0 Å². The summed E-state index contributed by atoms with van der Waals surface area (Å²) in [4.78, 5) is 20.7. The summed E-state index contributed by atoms with van der Waals surface area (Å²) < 4.78 is 0. The van der Waals surface area contributed by atoms with Gasteiger partial charge in [0.25, 0.3) is 5.69 Å². The Hall–Kier alpha value is -1.62. The number of benzene rings is 1. The summed E-state index contributed by atoms with van der Waals surface area (Å²) in [5, 5.41) is 19.6. The van der Waals surface area contributed by atoms with Crippen molar-refractivity contribution in [3.8, 4) is 0 Å². The normalized spacial score (nSPS) is 12.1. The molecule has 80 valence electrons. The largest absolute Gasteiger partial charge is 0.481 e. The highest BCUT2D eigenvalue weighted by molar-refractivity contribution is 6.30. The smallest absolute Gasteiger partial charge is 0.310 e. The topological polar surface area (TPSA) is 80.4 Å². The average molecular weight is 230 g/mol. The highest BCUT2D eigenvalue weighted by Gasteiger charge is 2.23. The number of aliphatic carboxylic acids is 1. The lowest BCUT2D eigenvalue weighted by molar-refractivity contribution is -0.385. The molecule has 1 atom stereocenters. The van der Waals surface area contributed by atoms with E-state index in [4.69, 9.17) is 16.7 Å². The molecule has 0 radical (unpaired) electrons. The third-order valence-corrected chi connectivity index (χ3v) is 2.26. The molecule has 0 heterocycles. The molecule has 1 rings (SSSR count). The fourth-order valence-corrected chi connectivity index (χ4v) is 1.34. The van der Waals surface area contributed by atoms with Crippen LogP contribution in [0.3, 0.4) is 0 Å². The van der Waals surface area contributed by atoms with Crippen LogP contribution in [-0.2, 0) is 4.79 Å². The van der Waals surface area contributed by atoms with Crippen LogP contribution in [-0.4, -0.2) is 16.0 Å². The molecule has 0 spiro atoms. The number of carbonyl (C=O) groups is 1. The van der Waals surface area contributed by atoms with Crippen molar-refractivity contribution in [2.45, 2.75) is 12.8 Å². The fourth-order valence-electron chi connectivity index (χ4n) is 1.17. The number of nitro groups is 1. The van der Waals surface area contributed by atoms with Gasteiger partial charge in [0.2, 0.25) is 0 Å². The van der Waals surface area contributed by atoms with Crippen molar-refractivity contribution in [2.75, 3.05) is 0 Å². The second-order valence-corrected chi connectivity index (χ2v) is 3.46. The first-order valence-corrected chi connectivity index (χ1v) is 4.48. The van der Waals surface area contributed by atoms with E-state index in [0.29, 0.717) is 0 Å². The molecule has 5 nitrogen and oxygen atoms in total. The molecule has 0 bridgehead atoms. The lowest BCUT2D eigenvalue weighted by Gasteiger charge is -2.07. The van der Waals surface area contributed by atoms with Gasteiger partial charge in [-0.25, -0.2) is 0 Å². The molecule has 1 N–H and O–H groups in total. The minimum absolute atomic E-state index is 0.150. The summed E-state index contributed by atoms with van der Waals surface area (Å²) in [5.41, 5.74) is -0.116. The Kier molecular flexibility index (Phi) is 3.26. The van der Waals surface area contributed by atoms with E-state index in [-0.39, 0.29) is 16.3 Å². The van der Waals surface area contributed by atoms with Crippen molar-refractivity contribution in [2.24, 2.45) is 0 Å². The molecule has 0 fully saturated rings. The van der Waals surface area contributed by atoms with Gasteiger partial charge in [-0.2, -0.15) is 0 Å².